The summed E-state index contributed by atoms with van der Waals surface area (Å²) in [4.78, 5) is 1.17. The Balaban J connectivity index is 2.06. The minimum absolute atomic E-state index is 0.252. The molecule has 0 bridgehead atoms. The Hall–Kier alpha value is -1.32. The predicted molar refractivity (Wildman–Crippen MR) is 73.3 cm³/mol. The number of benzene rings is 2. The van der Waals surface area contributed by atoms with Crippen LogP contribution in [0.4, 0.5) is 4.39 Å². The van der Waals surface area contributed by atoms with Crippen LogP contribution in [-0.2, 0) is 6.42 Å². The molecule has 0 aliphatic heterocycles. The van der Waals surface area contributed by atoms with Gasteiger partial charge in [0, 0.05) is 11.3 Å². The largest absolute Gasteiger partial charge is 0.388 e. The zero-order chi connectivity index (χ0) is 13.0. The van der Waals surface area contributed by atoms with E-state index < -0.39 is 6.10 Å². The summed E-state index contributed by atoms with van der Waals surface area (Å²) < 4.78 is 12.8. The third kappa shape index (κ3) is 3.34. The molecule has 0 spiro atoms. The molecule has 1 unspecified atom stereocenters. The van der Waals surface area contributed by atoms with Gasteiger partial charge in [-0.15, -0.1) is 11.8 Å². The maximum atomic E-state index is 12.8. The zero-order valence-electron chi connectivity index (χ0n) is 10.1. The van der Waals surface area contributed by atoms with Crippen molar-refractivity contribution in [2.24, 2.45) is 0 Å². The molecule has 3 heteroatoms. The molecule has 0 radical (unpaired) electrons. The van der Waals surface area contributed by atoms with E-state index in [1.807, 2.05) is 30.5 Å². The second kappa shape index (κ2) is 6.03. The fourth-order valence-electron chi connectivity index (χ4n) is 1.79. The van der Waals surface area contributed by atoms with Crippen molar-refractivity contribution in [2.45, 2.75) is 17.4 Å². The van der Waals surface area contributed by atoms with Crippen molar-refractivity contribution in [3.05, 3.63) is 65.5 Å². The molecule has 0 aliphatic carbocycles. The molecule has 0 fully saturated rings. The number of rotatable bonds is 4. The Labute approximate surface area is 111 Å². The number of halogens is 1. The highest BCUT2D eigenvalue weighted by Gasteiger charge is 2.08. The molecule has 94 valence electrons. The van der Waals surface area contributed by atoms with Crippen molar-refractivity contribution in [3.63, 3.8) is 0 Å². The fraction of sp³-hybridized carbons (Fsp3) is 0.200. The highest BCUT2D eigenvalue weighted by molar-refractivity contribution is 7.98. The third-order valence-corrected chi connectivity index (χ3v) is 3.59. The molecule has 1 nitrogen and oxygen atoms in total. The Bertz CT molecular complexity index is 493. The van der Waals surface area contributed by atoms with Crippen LogP contribution in [0, 0.1) is 5.82 Å². The van der Waals surface area contributed by atoms with Gasteiger partial charge in [-0.3, -0.25) is 0 Å². The molecular formula is C15H15FOS. The van der Waals surface area contributed by atoms with Gasteiger partial charge in [0.2, 0.25) is 0 Å². The molecule has 2 aromatic rings. The van der Waals surface area contributed by atoms with E-state index in [-0.39, 0.29) is 5.82 Å². The van der Waals surface area contributed by atoms with Crippen LogP contribution in [0.15, 0.2) is 53.4 Å². The molecule has 0 saturated carbocycles. The standard InChI is InChI=1S/C15H15FOS/c1-18-14-8-4-12(5-9-14)15(17)10-11-2-6-13(16)7-3-11/h2-9,15,17H,10H2,1H3. The molecule has 18 heavy (non-hydrogen) atoms. The molecule has 2 rings (SSSR count). The number of aliphatic hydroxyl groups excluding tert-OH is 1. The van der Waals surface area contributed by atoms with Crippen LogP contribution in [0.5, 0.6) is 0 Å². The second-order valence-corrected chi connectivity index (χ2v) is 5.00. The Morgan fingerprint density at radius 2 is 1.67 bits per heavy atom. The first-order valence-corrected chi connectivity index (χ1v) is 6.98. The first-order valence-electron chi connectivity index (χ1n) is 5.75. The first-order chi connectivity index (χ1) is 8.69. The Morgan fingerprint density at radius 1 is 1.06 bits per heavy atom. The molecule has 1 N–H and O–H groups in total. The van der Waals surface area contributed by atoms with Crippen LogP contribution in [0.1, 0.15) is 17.2 Å². The van der Waals surface area contributed by atoms with Crippen LogP contribution in [0.25, 0.3) is 0 Å². The van der Waals surface area contributed by atoms with Gasteiger partial charge in [-0.05, 0) is 41.6 Å². The van der Waals surface area contributed by atoms with Crippen LogP contribution in [0.3, 0.4) is 0 Å². The van der Waals surface area contributed by atoms with E-state index in [1.54, 1.807) is 23.9 Å². The van der Waals surface area contributed by atoms with Gasteiger partial charge >= 0.3 is 0 Å². The quantitative estimate of drug-likeness (QED) is 0.845. The van der Waals surface area contributed by atoms with Crippen LogP contribution < -0.4 is 0 Å². The van der Waals surface area contributed by atoms with Gasteiger partial charge in [0.05, 0.1) is 6.10 Å². The summed E-state index contributed by atoms with van der Waals surface area (Å²) in [5, 5.41) is 10.1. The summed E-state index contributed by atoms with van der Waals surface area (Å²) in [5.41, 5.74) is 1.81. The lowest BCUT2D eigenvalue weighted by atomic mass is 10.0. The highest BCUT2D eigenvalue weighted by Crippen LogP contribution is 2.21. The van der Waals surface area contributed by atoms with E-state index in [2.05, 4.69) is 0 Å². The van der Waals surface area contributed by atoms with Gasteiger partial charge < -0.3 is 5.11 Å². The first kappa shape index (κ1) is 13.1. The zero-order valence-corrected chi connectivity index (χ0v) is 11.0. The maximum Gasteiger partial charge on any atom is 0.123 e. The molecule has 0 amide bonds. The van der Waals surface area contributed by atoms with Crippen molar-refractivity contribution >= 4 is 11.8 Å². The van der Waals surface area contributed by atoms with Gasteiger partial charge in [-0.2, -0.15) is 0 Å². The number of thioether (sulfide) groups is 1. The SMILES string of the molecule is CSc1ccc(C(O)Cc2ccc(F)cc2)cc1. The highest BCUT2D eigenvalue weighted by atomic mass is 32.2. The summed E-state index contributed by atoms with van der Waals surface area (Å²) in [6, 6.07) is 14.1. The van der Waals surface area contributed by atoms with E-state index in [4.69, 9.17) is 0 Å². The van der Waals surface area contributed by atoms with Gasteiger partial charge in [0.25, 0.3) is 0 Å². The topological polar surface area (TPSA) is 20.2 Å². The van der Waals surface area contributed by atoms with E-state index in [0.717, 1.165) is 11.1 Å². The van der Waals surface area contributed by atoms with Crippen LogP contribution in [0.2, 0.25) is 0 Å². The minimum atomic E-state index is -0.550. The van der Waals surface area contributed by atoms with E-state index in [1.165, 1.54) is 17.0 Å². The molecule has 0 aliphatic rings. The monoisotopic (exact) mass is 262 g/mol. The van der Waals surface area contributed by atoms with E-state index >= 15 is 0 Å². The van der Waals surface area contributed by atoms with Crippen molar-refractivity contribution in [1.82, 2.24) is 0 Å². The van der Waals surface area contributed by atoms with Gasteiger partial charge in [0.15, 0.2) is 0 Å². The lowest BCUT2D eigenvalue weighted by molar-refractivity contribution is 0.178. The summed E-state index contributed by atoms with van der Waals surface area (Å²) in [6.07, 6.45) is 1.97. The number of hydrogen-bond donors (Lipinski definition) is 1. The summed E-state index contributed by atoms with van der Waals surface area (Å²) in [5.74, 6) is -0.252. The van der Waals surface area contributed by atoms with Gasteiger partial charge in [-0.25, -0.2) is 4.39 Å². The van der Waals surface area contributed by atoms with Crippen LogP contribution >= 0.6 is 11.8 Å². The number of hydrogen-bond acceptors (Lipinski definition) is 2. The normalized spacial score (nSPS) is 12.4. The smallest absolute Gasteiger partial charge is 0.123 e. The fourth-order valence-corrected chi connectivity index (χ4v) is 2.20. The van der Waals surface area contributed by atoms with Crippen LogP contribution in [-0.4, -0.2) is 11.4 Å². The average Bonchev–Trinajstić information content (AvgIpc) is 2.41. The summed E-state index contributed by atoms with van der Waals surface area (Å²) in [7, 11) is 0. The van der Waals surface area contributed by atoms with Crippen molar-refractivity contribution in [2.75, 3.05) is 6.26 Å². The van der Waals surface area contributed by atoms with E-state index in [9.17, 15) is 9.50 Å². The summed E-state index contributed by atoms with van der Waals surface area (Å²) in [6.45, 7) is 0. The van der Waals surface area contributed by atoms with E-state index in [0.29, 0.717) is 6.42 Å². The van der Waals surface area contributed by atoms with Crippen molar-refractivity contribution in [1.29, 1.82) is 0 Å². The maximum absolute atomic E-state index is 12.8. The Kier molecular flexibility index (Phi) is 4.39. The molecular weight excluding hydrogens is 247 g/mol. The molecule has 2 aromatic carbocycles. The van der Waals surface area contributed by atoms with Gasteiger partial charge in [0.1, 0.15) is 5.82 Å². The lowest BCUT2D eigenvalue weighted by Gasteiger charge is -2.11. The Morgan fingerprint density at radius 3 is 2.22 bits per heavy atom. The minimum Gasteiger partial charge on any atom is -0.388 e. The van der Waals surface area contributed by atoms with Gasteiger partial charge in [-0.1, -0.05) is 24.3 Å². The molecule has 0 aromatic heterocycles. The predicted octanol–water partition coefficient (Wildman–Crippen LogP) is 3.82. The third-order valence-electron chi connectivity index (χ3n) is 2.84. The molecule has 0 heterocycles. The van der Waals surface area contributed by atoms with Crippen molar-refractivity contribution in [3.8, 4) is 0 Å². The molecule has 0 saturated heterocycles. The molecule has 1 atom stereocenters. The summed E-state index contributed by atoms with van der Waals surface area (Å²) >= 11 is 1.67. The number of aliphatic hydroxyl groups is 1. The lowest BCUT2D eigenvalue weighted by Crippen LogP contribution is -2.01. The van der Waals surface area contributed by atoms with Crippen molar-refractivity contribution < 1.29 is 9.50 Å². The average molecular weight is 262 g/mol. The second-order valence-electron chi connectivity index (χ2n) is 4.12.